The average molecular weight is 191 g/mol. The van der Waals surface area contributed by atoms with E-state index in [9.17, 15) is 0 Å². The molecule has 0 aliphatic carbocycles. The lowest BCUT2D eigenvalue weighted by atomic mass is 10.2. The highest BCUT2D eigenvalue weighted by Gasteiger charge is 2.14. The minimum atomic E-state index is -0.178. The molecule has 0 spiro atoms. The first kappa shape index (κ1) is 9.32. The fourth-order valence-corrected chi connectivity index (χ4v) is 1.12. The zero-order valence-corrected chi connectivity index (χ0v) is 7.84. The first-order valence-corrected chi connectivity index (χ1v) is 4.23. The fourth-order valence-electron chi connectivity index (χ4n) is 0.813. The van der Waals surface area contributed by atoms with Gasteiger partial charge in [0, 0.05) is 0 Å². The summed E-state index contributed by atoms with van der Waals surface area (Å²) in [5.74, 6) is 0.496. The van der Waals surface area contributed by atoms with Gasteiger partial charge in [0.05, 0.1) is 12.5 Å². The van der Waals surface area contributed by atoms with Gasteiger partial charge in [0.15, 0.2) is 5.82 Å². The van der Waals surface area contributed by atoms with Crippen molar-refractivity contribution in [3.63, 3.8) is 0 Å². The number of alkyl halides is 1. The monoisotopic (exact) mass is 190 g/mol. The molecule has 0 aromatic carbocycles. The number of hydrogen-bond donors (Lipinski definition) is 0. The fraction of sp³-hybridized carbons (Fsp3) is 0.714. The summed E-state index contributed by atoms with van der Waals surface area (Å²) in [6, 6.07) is 0. The van der Waals surface area contributed by atoms with Gasteiger partial charge in [0.1, 0.15) is 0 Å². The highest BCUT2D eigenvalue weighted by molar-refractivity contribution is 6.20. The molecule has 0 bridgehead atoms. The number of halogens is 1. The van der Waals surface area contributed by atoms with Gasteiger partial charge >= 0.3 is 6.08 Å². The number of aromatic nitrogens is 2. The zero-order chi connectivity index (χ0) is 8.97. The molecule has 0 amide bonds. The van der Waals surface area contributed by atoms with Gasteiger partial charge in [0.2, 0.25) is 0 Å². The summed E-state index contributed by atoms with van der Waals surface area (Å²) in [5, 5.41) is 3.48. The van der Waals surface area contributed by atoms with Crippen molar-refractivity contribution in [2.75, 3.05) is 7.11 Å². The van der Waals surface area contributed by atoms with Crippen molar-refractivity contribution < 1.29 is 9.26 Å². The van der Waals surface area contributed by atoms with Gasteiger partial charge < -0.3 is 4.74 Å². The van der Waals surface area contributed by atoms with Crippen LogP contribution >= 0.6 is 11.6 Å². The Kier molecular flexibility index (Phi) is 3.34. The normalized spacial score (nSPS) is 12.9. The van der Waals surface area contributed by atoms with Gasteiger partial charge in [-0.15, -0.1) is 11.6 Å². The first-order chi connectivity index (χ1) is 5.77. The van der Waals surface area contributed by atoms with Crippen LogP contribution < -0.4 is 4.74 Å². The number of rotatable bonds is 4. The second-order valence-electron chi connectivity index (χ2n) is 2.38. The third-order valence-electron chi connectivity index (χ3n) is 1.42. The molecule has 1 aromatic heterocycles. The van der Waals surface area contributed by atoms with Gasteiger partial charge in [-0.25, -0.2) is 0 Å². The van der Waals surface area contributed by atoms with Crippen LogP contribution in [-0.4, -0.2) is 17.3 Å². The second kappa shape index (κ2) is 4.30. The standard InChI is InChI=1S/C7H11ClN2O2/c1-3-4-5(8)6-9-7(11-2)12-10-6/h5H,3-4H2,1-2H3. The van der Waals surface area contributed by atoms with E-state index in [4.69, 9.17) is 20.9 Å². The van der Waals surface area contributed by atoms with Crippen molar-refractivity contribution in [3.05, 3.63) is 5.82 Å². The van der Waals surface area contributed by atoms with E-state index in [1.54, 1.807) is 0 Å². The summed E-state index contributed by atoms with van der Waals surface area (Å²) in [7, 11) is 1.47. The van der Waals surface area contributed by atoms with Crippen LogP contribution in [0.15, 0.2) is 4.52 Å². The van der Waals surface area contributed by atoms with Gasteiger partial charge in [-0.1, -0.05) is 18.5 Å². The van der Waals surface area contributed by atoms with Crippen LogP contribution in [0.25, 0.3) is 0 Å². The van der Waals surface area contributed by atoms with E-state index in [1.165, 1.54) is 7.11 Å². The predicted molar refractivity (Wildman–Crippen MR) is 44.4 cm³/mol. The van der Waals surface area contributed by atoms with Crippen molar-refractivity contribution in [1.29, 1.82) is 0 Å². The Morgan fingerprint density at radius 1 is 1.67 bits per heavy atom. The minimum Gasteiger partial charge on any atom is -0.452 e. The molecule has 0 fully saturated rings. The summed E-state index contributed by atoms with van der Waals surface area (Å²) in [4.78, 5) is 3.92. The lowest BCUT2D eigenvalue weighted by Crippen LogP contribution is -1.92. The van der Waals surface area contributed by atoms with Gasteiger partial charge in [-0.05, 0) is 6.42 Å². The summed E-state index contributed by atoms with van der Waals surface area (Å²) in [5.41, 5.74) is 0. The van der Waals surface area contributed by atoms with E-state index in [1.807, 2.05) is 6.92 Å². The summed E-state index contributed by atoms with van der Waals surface area (Å²) >= 11 is 5.94. The van der Waals surface area contributed by atoms with Gasteiger partial charge in [0.25, 0.3) is 0 Å². The quantitative estimate of drug-likeness (QED) is 0.683. The van der Waals surface area contributed by atoms with Crippen molar-refractivity contribution in [1.82, 2.24) is 10.1 Å². The lowest BCUT2D eigenvalue weighted by Gasteiger charge is -1.98. The molecule has 5 heteroatoms. The molecule has 1 rings (SSSR count). The number of ether oxygens (including phenoxy) is 1. The molecule has 68 valence electrons. The van der Waals surface area contributed by atoms with Crippen molar-refractivity contribution >= 4 is 11.6 Å². The van der Waals surface area contributed by atoms with Crippen LogP contribution in [0.3, 0.4) is 0 Å². The topological polar surface area (TPSA) is 48.2 Å². The molecule has 0 N–H and O–H groups in total. The molecular formula is C7H11ClN2O2. The van der Waals surface area contributed by atoms with E-state index in [0.29, 0.717) is 5.82 Å². The van der Waals surface area contributed by atoms with Crippen molar-refractivity contribution in [2.24, 2.45) is 0 Å². The first-order valence-electron chi connectivity index (χ1n) is 3.79. The molecule has 4 nitrogen and oxygen atoms in total. The molecule has 12 heavy (non-hydrogen) atoms. The van der Waals surface area contributed by atoms with Gasteiger partial charge in [-0.3, -0.25) is 4.52 Å². The molecule has 1 heterocycles. The van der Waals surface area contributed by atoms with Crippen molar-refractivity contribution in [3.8, 4) is 6.08 Å². The van der Waals surface area contributed by atoms with E-state index >= 15 is 0 Å². The summed E-state index contributed by atoms with van der Waals surface area (Å²) < 4.78 is 9.44. The molecule has 0 saturated carbocycles. The Bertz CT molecular complexity index is 239. The Hall–Kier alpha value is -0.770. The number of nitrogens with zero attached hydrogens (tertiary/aromatic N) is 2. The minimum absolute atomic E-state index is 0.159. The van der Waals surface area contributed by atoms with E-state index in [0.717, 1.165) is 12.8 Å². The predicted octanol–water partition coefficient (Wildman–Crippen LogP) is 2.16. The Labute approximate surface area is 75.9 Å². The summed E-state index contributed by atoms with van der Waals surface area (Å²) in [6.45, 7) is 2.05. The van der Waals surface area contributed by atoms with Crippen LogP contribution in [0.5, 0.6) is 6.08 Å². The van der Waals surface area contributed by atoms with Crippen LogP contribution in [0.4, 0.5) is 0 Å². The maximum Gasteiger partial charge on any atom is 0.417 e. The van der Waals surface area contributed by atoms with Crippen LogP contribution in [-0.2, 0) is 0 Å². The molecule has 1 atom stereocenters. The highest BCUT2D eigenvalue weighted by atomic mass is 35.5. The molecule has 1 unspecified atom stereocenters. The number of hydrogen-bond acceptors (Lipinski definition) is 4. The highest BCUT2D eigenvalue weighted by Crippen LogP contribution is 2.23. The van der Waals surface area contributed by atoms with Crippen LogP contribution in [0.1, 0.15) is 31.0 Å². The van der Waals surface area contributed by atoms with Crippen LogP contribution in [0.2, 0.25) is 0 Å². The second-order valence-corrected chi connectivity index (χ2v) is 2.91. The molecule has 0 radical (unpaired) electrons. The lowest BCUT2D eigenvalue weighted by molar-refractivity contribution is 0.249. The molecular weight excluding hydrogens is 180 g/mol. The smallest absolute Gasteiger partial charge is 0.417 e. The average Bonchev–Trinajstić information content (AvgIpc) is 2.52. The number of methoxy groups -OCH3 is 1. The Morgan fingerprint density at radius 2 is 2.42 bits per heavy atom. The molecule has 0 saturated heterocycles. The molecule has 1 aromatic rings. The van der Waals surface area contributed by atoms with Crippen LogP contribution in [0, 0.1) is 0 Å². The van der Waals surface area contributed by atoms with Gasteiger partial charge in [-0.2, -0.15) is 4.98 Å². The third kappa shape index (κ3) is 2.11. The molecule has 0 aliphatic rings. The zero-order valence-electron chi connectivity index (χ0n) is 7.08. The SMILES string of the molecule is CCCC(Cl)c1noc(OC)n1. The molecule has 0 aliphatic heterocycles. The maximum absolute atomic E-state index is 5.94. The summed E-state index contributed by atoms with van der Waals surface area (Å²) in [6.07, 6.45) is 1.99. The Morgan fingerprint density at radius 3 is 2.92 bits per heavy atom. The largest absolute Gasteiger partial charge is 0.452 e. The maximum atomic E-state index is 5.94. The van der Waals surface area contributed by atoms with E-state index in [-0.39, 0.29) is 11.5 Å². The van der Waals surface area contributed by atoms with E-state index < -0.39 is 0 Å². The third-order valence-corrected chi connectivity index (χ3v) is 1.83. The van der Waals surface area contributed by atoms with E-state index in [2.05, 4.69) is 10.1 Å². The van der Waals surface area contributed by atoms with Crippen molar-refractivity contribution in [2.45, 2.75) is 25.1 Å². The Balaban J connectivity index is 2.61.